The van der Waals surface area contributed by atoms with Crippen LogP contribution in [0.15, 0.2) is 24.3 Å². The Kier molecular flexibility index (Phi) is 4.78. The van der Waals surface area contributed by atoms with Crippen LogP contribution in [-0.4, -0.2) is 19.9 Å². The van der Waals surface area contributed by atoms with Gasteiger partial charge in [0, 0.05) is 0 Å². The molecular weight excluding hydrogens is 416 g/mol. The Hall–Kier alpha value is -3.40. The van der Waals surface area contributed by atoms with Crippen LogP contribution >= 0.6 is 0 Å². The Morgan fingerprint density at radius 2 is 0.618 bits per heavy atom. The standard InChI is InChI=1S/C30H28N4/c1-3-7-23-24(8-4-1)32-28-16-20-12-14-22-18-30-29(33-25-9-5-2-6-10-26(25)34-30)17-21(22)13-11-19(20)15-27(28)31-23/h11-18H,1-10H2/b13-11-,14-12?,19-11?,20-12?,21-13?,22-14?. The zero-order valence-corrected chi connectivity index (χ0v) is 19.5. The zero-order valence-electron chi connectivity index (χ0n) is 19.5. The summed E-state index contributed by atoms with van der Waals surface area (Å²) in [4.78, 5) is 20.1. The molecule has 0 atom stereocenters. The number of aromatic nitrogens is 4. The smallest absolute Gasteiger partial charge is 0.0896 e. The molecule has 0 radical (unpaired) electrons. The van der Waals surface area contributed by atoms with E-state index in [1.54, 1.807) is 0 Å². The highest BCUT2D eigenvalue weighted by atomic mass is 14.8. The van der Waals surface area contributed by atoms with Crippen molar-refractivity contribution < 1.29 is 0 Å². The van der Waals surface area contributed by atoms with E-state index in [4.69, 9.17) is 19.9 Å². The van der Waals surface area contributed by atoms with E-state index in [-0.39, 0.29) is 0 Å². The maximum atomic E-state index is 5.03. The van der Waals surface area contributed by atoms with E-state index in [1.165, 1.54) is 83.6 Å². The maximum absolute atomic E-state index is 5.03. The lowest BCUT2D eigenvalue weighted by atomic mass is 9.97. The number of hydrogen-bond donors (Lipinski definition) is 0. The van der Waals surface area contributed by atoms with Crippen molar-refractivity contribution in [2.24, 2.45) is 0 Å². The van der Waals surface area contributed by atoms with Crippen LogP contribution in [0.25, 0.3) is 46.4 Å². The summed E-state index contributed by atoms with van der Waals surface area (Å²) in [6, 6.07) is 8.82. The van der Waals surface area contributed by atoms with E-state index >= 15 is 0 Å². The molecule has 0 N–H and O–H groups in total. The number of fused-ring (bicyclic) bond motifs is 6. The number of aryl methyl sites for hydroxylation is 4. The van der Waals surface area contributed by atoms with Crippen molar-refractivity contribution in [1.82, 2.24) is 19.9 Å². The van der Waals surface area contributed by atoms with Gasteiger partial charge in [0.25, 0.3) is 0 Å². The van der Waals surface area contributed by atoms with Crippen molar-refractivity contribution in [2.45, 2.75) is 64.2 Å². The summed E-state index contributed by atoms with van der Waals surface area (Å²) < 4.78 is 0. The molecule has 0 saturated heterocycles. The first-order valence-electron chi connectivity index (χ1n) is 12.8. The zero-order chi connectivity index (χ0) is 22.5. The minimum absolute atomic E-state index is 1.00. The van der Waals surface area contributed by atoms with Gasteiger partial charge in [0.05, 0.1) is 44.8 Å². The van der Waals surface area contributed by atoms with Gasteiger partial charge >= 0.3 is 0 Å². The van der Waals surface area contributed by atoms with Gasteiger partial charge in [-0.1, -0.05) is 37.1 Å². The molecule has 0 aliphatic heterocycles. The SMILES string of the molecule is C1=Cc2cc3nc4c(nc3cc2/C=C\c2cc3nc5c(nc3cc21)CCCCC5)CCCCC4. The normalized spacial score (nSPS) is 18.1. The van der Waals surface area contributed by atoms with Crippen molar-refractivity contribution >= 4 is 46.4 Å². The molecule has 2 aromatic heterocycles. The lowest BCUT2D eigenvalue weighted by Crippen LogP contribution is -2.02. The quantitative estimate of drug-likeness (QED) is 0.247. The minimum Gasteiger partial charge on any atom is -0.249 e. The molecule has 34 heavy (non-hydrogen) atoms. The molecule has 0 fully saturated rings. The average molecular weight is 445 g/mol. The van der Waals surface area contributed by atoms with Gasteiger partial charge in [-0.05, 0) is 97.9 Å². The molecule has 0 unspecified atom stereocenters. The molecule has 2 aromatic carbocycles. The molecule has 3 aliphatic carbocycles. The molecule has 0 bridgehead atoms. The predicted octanol–water partition coefficient (Wildman–Crippen LogP) is 6.77. The van der Waals surface area contributed by atoms with Gasteiger partial charge < -0.3 is 0 Å². The second-order valence-corrected chi connectivity index (χ2v) is 9.96. The second kappa shape index (κ2) is 8.12. The third-order valence-electron chi connectivity index (χ3n) is 7.59. The molecule has 2 heterocycles. The first kappa shape index (κ1) is 20.0. The lowest BCUT2D eigenvalue weighted by molar-refractivity contribution is 0.707. The van der Waals surface area contributed by atoms with E-state index in [2.05, 4.69) is 48.6 Å². The third kappa shape index (κ3) is 3.53. The Labute approximate surface area is 199 Å². The van der Waals surface area contributed by atoms with Gasteiger partial charge in [-0.15, -0.1) is 0 Å². The lowest BCUT2D eigenvalue weighted by Gasteiger charge is -2.12. The molecule has 0 spiro atoms. The van der Waals surface area contributed by atoms with Crippen molar-refractivity contribution in [2.75, 3.05) is 0 Å². The topological polar surface area (TPSA) is 51.6 Å². The summed E-state index contributed by atoms with van der Waals surface area (Å²) in [5.74, 6) is 0. The fourth-order valence-corrected chi connectivity index (χ4v) is 5.68. The van der Waals surface area contributed by atoms with Crippen LogP contribution in [0.5, 0.6) is 0 Å². The van der Waals surface area contributed by atoms with Crippen LogP contribution in [0.4, 0.5) is 0 Å². The maximum Gasteiger partial charge on any atom is 0.0896 e. The summed E-state index contributed by atoms with van der Waals surface area (Å²) in [5.41, 5.74) is 13.6. The Morgan fingerprint density at radius 3 is 0.882 bits per heavy atom. The second-order valence-electron chi connectivity index (χ2n) is 9.96. The molecular formula is C30H28N4. The minimum atomic E-state index is 1.00. The fourth-order valence-electron chi connectivity index (χ4n) is 5.68. The highest BCUT2D eigenvalue weighted by molar-refractivity contribution is 5.94. The van der Waals surface area contributed by atoms with Gasteiger partial charge in [-0.25, -0.2) is 19.9 Å². The van der Waals surface area contributed by atoms with Crippen molar-refractivity contribution in [3.63, 3.8) is 0 Å². The molecule has 0 amide bonds. The summed E-state index contributed by atoms with van der Waals surface area (Å²) >= 11 is 0. The monoisotopic (exact) mass is 444 g/mol. The van der Waals surface area contributed by atoms with Crippen LogP contribution in [0, 0.1) is 0 Å². The van der Waals surface area contributed by atoms with Crippen LogP contribution in [0.2, 0.25) is 0 Å². The number of rotatable bonds is 0. The van der Waals surface area contributed by atoms with E-state index < -0.39 is 0 Å². The van der Waals surface area contributed by atoms with Gasteiger partial charge in [-0.3, -0.25) is 0 Å². The predicted molar refractivity (Wildman–Crippen MR) is 139 cm³/mol. The van der Waals surface area contributed by atoms with Gasteiger partial charge in [0.2, 0.25) is 0 Å². The molecule has 0 saturated carbocycles. The molecule has 4 heteroatoms. The summed E-state index contributed by atoms with van der Waals surface area (Å²) in [5, 5.41) is 0. The molecule has 3 aliphatic rings. The van der Waals surface area contributed by atoms with E-state index in [9.17, 15) is 0 Å². The number of hydrogen-bond acceptors (Lipinski definition) is 4. The molecule has 168 valence electrons. The van der Waals surface area contributed by atoms with E-state index in [0.717, 1.165) is 47.8 Å². The van der Waals surface area contributed by atoms with Crippen LogP contribution < -0.4 is 0 Å². The average Bonchev–Trinajstić information content (AvgIpc) is 3.21. The van der Waals surface area contributed by atoms with Crippen LogP contribution in [-0.2, 0) is 25.7 Å². The first-order chi connectivity index (χ1) is 16.8. The van der Waals surface area contributed by atoms with Gasteiger partial charge in [-0.2, -0.15) is 0 Å². The van der Waals surface area contributed by atoms with E-state index in [1.807, 2.05) is 0 Å². The highest BCUT2D eigenvalue weighted by Crippen LogP contribution is 2.30. The molecule has 7 rings (SSSR count). The van der Waals surface area contributed by atoms with Crippen molar-refractivity contribution in [3.05, 3.63) is 69.3 Å². The van der Waals surface area contributed by atoms with Crippen LogP contribution in [0.3, 0.4) is 0 Å². The number of benzene rings is 2. The number of nitrogens with zero attached hydrogens (tertiary/aromatic N) is 4. The van der Waals surface area contributed by atoms with E-state index in [0.29, 0.717) is 0 Å². The molecule has 4 nitrogen and oxygen atoms in total. The highest BCUT2D eigenvalue weighted by Gasteiger charge is 2.16. The van der Waals surface area contributed by atoms with Crippen molar-refractivity contribution in [3.8, 4) is 0 Å². The Balaban J connectivity index is 1.33. The fraction of sp³-hybridized carbons (Fsp3) is 0.333. The van der Waals surface area contributed by atoms with Crippen molar-refractivity contribution in [1.29, 1.82) is 0 Å². The van der Waals surface area contributed by atoms with Gasteiger partial charge in [0.15, 0.2) is 0 Å². The molecule has 4 aromatic rings. The summed E-state index contributed by atoms with van der Waals surface area (Å²) in [7, 11) is 0. The van der Waals surface area contributed by atoms with Crippen LogP contribution in [0.1, 0.15) is 83.6 Å². The first-order valence-corrected chi connectivity index (χ1v) is 12.8. The third-order valence-corrected chi connectivity index (χ3v) is 7.59. The van der Waals surface area contributed by atoms with Gasteiger partial charge in [0.1, 0.15) is 0 Å². The largest absolute Gasteiger partial charge is 0.249 e. The Bertz CT molecular complexity index is 1290. The summed E-state index contributed by atoms with van der Waals surface area (Å²) in [6.45, 7) is 0. The Morgan fingerprint density at radius 1 is 0.353 bits per heavy atom. The summed E-state index contributed by atoms with van der Waals surface area (Å²) in [6.07, 6.45) is 20.5.